The van der Waals surface area contributed by atoms with Crippen LogP contribution in [-0.2, 0) is 14.8 Å². The van der Waals surface area contributed by atoms with Crippen LogP contribution in [0.25, 0.3) is 21.9 Å². The van der Waals surface area contributed by atoms with Crippen molar-refractivity contribution < 1.29 is 22.7 Å². The van der Waals surface area contributed by atoms with Crippen LogP contribution in [0.4, 0.5) is 4.79 Å². The molecular weight excluding hydrogens is 478 g/mol. The van der Waals surface area contributed by atoms with Crippen molar-refractivity contribution in [1.82, 2.24) is 13.5 Å². The molecule has 0 amide bonds. The fourth-order valence-corrected chi connectivity index (χ4v) is 5.50. The van der Waals surface area contributed by atoms with Crippen LogP contribution in [0.3, 0.4) is 0 Å². The average Bonchev–Trinajstić information content (AvgIpc) is 3.45. The van der Waals surface area contributed by atoms with E-state index in [0.717, 1.165) is 3.97 Å². The van der Waals surface area contributed by atoms with Gasteiger partial charge in [0.15, 0.2) is 5.65 Å². The molecule has 3 aromatic heterocycles. The lowest BCUT2D eigenvalue weighted by molar-refractivity contribution is 0.0544. The molecule has 5 aromatic rings. The van der Waals surface area contributed by atoms with E-state index in [0.29, 0.717) is 16.3 Å². The van der Waals surface area contributed by atoms with Gasteiger partial charge in [0, 0.05) is 28.7 Å². The normalized spacial score (nSPS) is 12.2. The molecule has 0 N–H and O–H groups in total. The molecule has 0 saturated heterocycles. The lowest BCUT2D eigenvalue weighted by Crippen LogP contribution is -2.26. The number of hydrogen-bond acceptors (Lipinski definition) is 6. The predicted octanol–water partition coefficient (Wildman–Crippen LogP) is 5.24. The van der Waals surface area contributed by atoms with Gasteiger partial charge in [-0.15, -0.1) is 0 Å². The first-order chi connectivity index (χ1) is 17.1. The molecular formula is C27H23N3O5S. The van der Waals surface area contributed by atoms with Crippen molar-refractivity contribution >= 4 is 43.8 Å². The second-order valence-corrected chi connectivity index (χ2v) is 11.1. The van der Waals surface area contributed by atoms with Crippen LogP contribution in [0.1, 0.15) is 36.8 Å². The summed E-state index contributed by atoms with van der Waals surface area (Å²) in [6.45, 7) is 5.35. The Labute approximate surface area is 207 Å². The van der Waals surface area contributed by atoms with Crippen LogP contribution in [0.5, 0.6) is 0 Å². The van der Waals surface area contributed by atoms with Gasteiger partial charge in [0.25, 0.3) is 10.0 Å². The van der Waals surface area contributed by atoms with Crippen molar-refractivity contribution in [2.75, 3.05) is 0 Å². The zero-order valence-electron chi connectivity index (χ0n) is 19.9. The van der Waals surface area contributed by atoms with Crippen LogP contribution in [0, 0.1) is 0 Å². The second kappa shape index (κ2) is 8.46. The Morgan fingerprint density at radius 2 is 1.64 bits per heavy atom. The summed E-state index contributed by atoms with van der Waals surface area (Å²) in [5.74, 6) is -0.487. The van der Waals surface area contributed by atoms with Gasteiger partial charge in [0.2, 0.25) is 5.78 Å². The van der Waals surface area contributed by atoms with Crippen molar-refractivity contribution in [3.8, 4) is 0 Å². The molecule has 2 aromatic carbocycles. The maximum Gasteiger partial charge on any atom is 0.418 e. The van der Waals surface area contributed by atoms with Crippen LogP contribution < -0.4 is 0 Å². The molecule has 8 nitrogen and oxygen atoms in total. The largest absolute Gasteiger partial charge is 0.443 e. The SMILES string of the molecule is CC(C)(C)OC(=O)n1ccc2cc(C(=O)c3cc4cccnc4n3S(=O)(=O)c3ccccc3)ccc21. The zero-order valence-corrected chi connectivity index (χ0v) is 20.7. The smallest absolute Gasteiger partial charge is 0.418 e. The van der Waals surface area contributed by atoms with Gasteiger partial charge in [-0.1, -0.05) is 18.2 Å². The van der Waals surface area contributed by atoms with Crippen molar-refractivity contribution in [1.29, 1.82) is 0 Å². The summed E-state index contributed by atoms with van der Waals surface area (Å²) in [6.07, 6.45) is 2.53. The number of aromatic nitrogens is 3. The number of pyridine rings is 1. The summed E-state index contributed by atoms with van der Waals surface area (Å²) in [7, 11) is -4.10. The molecule has 0 aliphatic rings. The number of nitrogens with zero attached hydrogens (tertiary/aromatic N) is 3. The van der Waals surface area contributed by atoms with Gasteiger partial charge in [0.1, 0.15) is 11.3 Å². The van der Waals surface area contributed by atoms with Crippen molar-refractivity contribution in [2.45, 2.75) is 31.3 Å². The molecule has 0 fully saturated rings. The molecule has 0 atom stereocenters. The van der Waals surface area contributed by atoms with Gasteiger partial charge in [-0.05, 0) is 75.4 Å². The van der Waals surface area contributed by atoms with Crippen LogP contribution in [-0.4, -0.2) is 39.4 Å². The highest BCUT2D eigenvalue weighted by molar-refractivity contribution is 7.90. The van der Waals surface area contributed by atoms with Crippen LogP contribution >= 0.6 is 0 Å². The Bertz CT molecular complexity index is 1740. The number of benzene rings is 2. The standard InChI is InChI=1S/C27H23N3O5S/c1-27(2,3)35-26(32)29-15-13-18-16-19(11-12-22(18)29)24(31)23-17-20-8-7-14-28-25(20)30(23)36(33,34)21-9-5-4-6-10-21/h4-17H,1-3H3. The van der Waals surface area contributed by atoms with Gasteiger partial charge in [0.05, 0.1) is 10.4 Å². The van der Waals surface area contributed by atoms with Gasteiger partial charge in [-0.2, -0.15) is 0 Å². The zero-order chi connectivity index (χ0) is 25.7. The highest BCUT2D eigenvalue weighted by Crippen LogP contribution is 2.27. The average molecular weight is 502 g/mol. The van der Waals surface area contributed by atoms with Crippen molar-refractivity contribution in [2.24, 2.45) is 0 Å². The van der Waals surface area contributed by atoms with Crippen molar-refractivity contribution in [3.63, 3.8) is 0 Å². The van der Waals surface area contributed by atoms with E-state index in [9.17, 15) is 18.0 Å². The molecule has 0 unspecified atom stereocenters. The minimum atomic E-state index is -4.10. The first-order valence-corrected chi connectivity index (χ1v) is 12.7. The summed E-state index contributed by atoms with van der Waals surface area (Å²) < 4.78 is 35.0. The molecule has 0 aliphatic carbocycles. The Kier molecular flexibility index (Phi) is 5.52. The maximum atomic E-state index is 13.7. The first kappa shape index (κ1) is 23.5. The monoisotopic (exact) mass is 501 g/mol. The Hall–Kier alpha value is -4.24. The third-order valence-corrected chi connectivity index (χ3v) is 7.30. The molecule has 0 aliphatic heterocycles. The summed E-state index contributed by atoms with van der Waals surface area (Å²) >= 11 is 0. The van der Waals surface area contributed by atoms with E-state index >= 15 is 0 Å². The first-order valence-electron chi connectivity index (χ1n) is 11.2. The van der Waals surface area contributed by atoms with E-state index < -0.39 is 27.5 Å². The molecule has 5 rings (SSSR count). The quantitative estimate of drug-likeness (QED) is 0.312. The number of carbonyl (C=O) groups is 2. The van der Waals surface area contributed by atoms with Crippen LogP contribution in [0.2, 0.25) is 0 Å². The number of ketones is 1. The van der Waals surface area contributed by atoms with Gasteiger partial charge < -0.3 is 4.74 Å². The van der Waals surface area contributed by atoms with Crippen LogP contribution in [0.15, 0.2) is 90.1 Å². The topological polar surface area (TPSA) is 100 Å². The number of fused-ring (bicyclic) bond motifs is 2. The van der Waals surface area contributed by atoms with E-state index in [4.69, 9.17) is 4.74 Å². The summed E-state index contributed by atoms with van der Waals surface area (Å²) in [6, 6.07) is 19.4. The lowest BCUT2D eigenvalue weighted by Gasteiger charge is -2.19. The van der Waals surface area contributed by atoms with E-state index in [-0.39, 0.29) is 21.8 Å². The summed E-state index contributed by atoms with van der Waals surface area (Å²) in [5, 5.41) is 1.16. The number of ether oxygens (including phenoxy) is 1. The fourth-order valence-electron chi connectivity index (χ4n) is 4.01. The van der Waals surface area contributed by atoms with E-state index in [1.54, 1.807) is 81.6 Å². The fraction of sp³-hybridized carbons (Fsp3) is 0.148. The molecule has 182 valence electrons. The summed E-state index contributed by atoms with van der Waals surface area (Å²) in [5.41, 5.74) is 0.326. The number of hydrogen-bond donors (Lipinski definition) is 0. The molecule has 0 bridgehead atoms. The van der Waals surface area contributed by atoms with E-state index in [2.05, 4.69) is 4.98 Å². The summed E-state index contributed by atoms with van der Waals surface area (Å²) in [4.78, 5) is 30.5. The highest BCUT2D eigenvalue weighted by Gasteiger charge is 2.28. The maximum absolute atomic E-state index is 13.7. The van der Waals surface area contributed by atoms with E-state index in [1.165, 1.54) is 29.0 Å². The molecule has 9 heteroatoms. The van der Waals surface area contributed by atoms with E-state index in [1.807, 2.05) is 0 Å². The number of rotatable bonds is 4. The van der Waals surface area contributed by atoms with Gasteiger partial charge in [-0.3, -0.25) is 9.36 Å². The Balaban J connectivity index is 1.61. The Morgan fingerprint density at radius 3 is 2.36 bits per heavy atom. The predicted molar refractivity (Wildman–Crippen MR) is 136 cm³/mol. The minimum absolute atomic E-state index is 0.0292. The molecule has 36 heavy (non-hydrogen) atoms. The molecule has 0 radical (unpaired) electrons. The Morgan fingerprint density at radius 1 is 0.889 bits per heavy atom. The second-order valence-electron chi connectivity index (χ2n) is 9.30. The molecule has 3 heterocycles. The third kappa shape index (κ3) is 4.07. The minimum Gasteiger partial charge on any atom is -0.443 e. The highest BCUT2D eigenvalue weighted by atomic mass is 32.2. The third-order valence-electron chi connectivity index (χ3n) is 5.58. The molecule has 0 spiro atoms. The lowest BCUT2D eigenvalue weighted by atomic mass is 10.1. The van der Waals surface area contributed by atoms with Gasteiger partial charge >= 0.3 is 6.09 Å². The number of carbonyl (C=O) groups excluding carboxylic acids is 2. The van der Waals surface area contributed by atoms with Crippen molar-refractivity contribution in [3.05, 3.63) is 96.4 Å². The van der Waals surface area contributed by atoms with Gasteiger partial charge in [-0.25, -0.2) is 22.2 Å². The molecule has 0 saturated carbocycles.